The van der Waals surface area contributed by atoms with Crippen molar-refractivity contribution in [2.45, 2.75) is 25.8 Å². The molecule has 4 heteroatoms. The number of nitrogens with one attached hydrogen (secondary N) is 1. The van der Waals surface area contributed by atoms with Gasteiger partial charge in [0.2, 0.25) is 5.91 Å². The molecule has 0 saturated heterocycles. The van der Waals surface area contributed by atoms with Crippen molar-refractivity contribution >= 4 is 5.91 Å². The van der Waals surface area contributed by atoms with Crippen molar-refractivity contribution in [3.05, 3.63) is 35.4 Å². The summed E-state index contributed by atoms with van der Waals surface area (Å²) in [6.07, 6.45) is 1.30. The molecule has 1 atom stereocenters. The monoisotopic (exact) mass is 263 g/mol. The molecule has 1 rings (SSSR count). The van der Waals surface area contributed by atoms with Crippen LogP contribution in [0.4, 0.5) is 0 Å². The normalized spacial score (nSPS) is 12.5. The van der Waals surface area contributed by atoms with Gasteiger partial charge in [0.1, 0.15) is 0 Å². The van der Waals surface area contributed by atoms with E-state index >= 15 is 0 Å². The minimum Gasteiger partial charge on any atom is -0.356 e. The first kappa shape index (κ1) is 15.7. The van der Waals surface area contributed by atoms with Crippen LogP contribution in [0, 0.1) is 6.92 Å². The Balaban J connectivity index is 2.34. The first-order valence-corrected chi connectivity index (χ1v) is 6.73. The molecule has 0 aromatic heterocycles. The average Bonchev–Trinajstić information content (AvgIpc) is 2.35. The fraction of sp³-hybridized carbons (Fsp3) is 0.533. The van der Waals surface area contributed by atoms with Gasteiger partial charge in [-0.05, 0) is 45.1 Å². The van der Waals surface area contributed by atoms with Gasteiger partial charge >= 0.3 is 0 Å². The number of hydrogen-bond acceptors (Lipinski definition) is 3. The summed E-state index contributed by atoms with van der Waals surface area (Å²) in [6.45, 7) is 3.70. The number of nitrogens with zero attached hydrogens (tertiary/aromatic N) is 1. The zero-order valence-electron chi connectivity index (χ0n) is 12.1. The Bertz CT molecular complexity index is 404. The van der Waals surface area contributed by atoms with Crippen molar-refractivity contribution in [3.63, 3.8) is 0 Å². The van der Waals surface area contributed by atoms with Gasteiger partial charge in [-0.25, -0.2) is 0 Å². The lowest BCUT2D eigenvalue weighted by atomic mass is 9.99. The maximum atomic E-state index is 11.8. The summed E-state index contributed by atoms with van der Waals surface area (Å²) in [4.78, 5) is 13.9. The van der Waals surface area contributed by atoms with Gasteiger partial charge in [0.15, 0.2) is 0 Å². The number of nitrogens with two attached hydrogens (primary N) is 1. The van der Waals surface area contributed by atoms with Crippen molar-refractivity contribution in [3.8, 4) is 0 Å². The molecule has 0 unspecified atom stereocenters. The molecule has 1 aromatic carbocycles. The molecule has 1 amide bonds. The van der Waals surface area contributed by atoms with Crippen molar-refractivity contribution in [2.24, 2.45) is 5.73 Å². The van der Waals surface area contributed by atoms with Gasteiger partial charge in [0.25, 0.3) is 0 Å². The minimum absolute atomic E-state index is 0.0227. The molecule has 0 aliphatic rings. The van der Waals surface area contributed by atoms with Gasteiger partial charge in [-0.2, -0.15) is 0 Å². The second kappa shape index (κ2) is 7.92. The van der Waals surface area contributed by atoms with Crippen molar-refractivity contribution in [1.29, 1.82) is 0 Å². The molecule has 0 aliphatic heterocycles. The van der Waals surface area contributed by atoms with Crippen LogP contribution >= 0.6 is 0 Å². The van der Waals surface area contributed by atoms with Crippen molar-refractivity contribution < 1.29 is 4.79 Å². The number of amides is 1. The van der Waals surface area contributed by atoms with E-state index < -0.39 is 0 Å². The molecule has 0 spiro atoms. The Morgan fingerprint density at radius 1 is 1.37 bits per heavy atom. The smallest absolute Gasteiger partial charge is 0.221 e. The minimum atomic E-state index is -0.227. The lowest BCUT2D eigenvalue weighted by molar-refractivity contribution is -0.121. The summed E-state index contributed by atoms with van der Waals surface area (Å²) in [5.74, 6) is 0.0227. The van der Waals surface area contributed by atoms with Gasteiger partial charge in [0.05, 0.1) is 0 Å². The number of hydrogen-bond donors (Lipinski definition) is 2. The van der Waals surface area contributed by atoms with Crippen LogP contribution in [0.1, 0.15) is 30.0 Å². The van der Waals surface area contributed by atoms with Crippen LogP contribution < -0.4 is 11.1 Å². The first-order valence-electron chi connectivity index (χ1n) is 6.73. The highest BCUT2D eigenvalue weighted by atomic mass is 16.1. The third-order valence-corrected chi connectivity index (χ3v) is 3.10. The van der Waals surface area contributed by atoms with E-state index in [0.29, 0.717) is 13.0 Å². The predicted octanol–water partition coefficient (Wildman–Crippen LogP) is 1.45. The lowest BCUT2D eigenvalue weighted by Gasteiger charge is -2.15. The Kier molecular flexibility index (Phi) is 6.53. The summed E-state index contributed by atoms with van der Waals surface area (Å²) in [5, 5.41) is 2.91. The molecule has 19 heavy (non-hydrogen) atoms. The van der Waals surface area contributed by atoms with E-state index in [1.165, 1.54) is 0 Å². The van der Waals surface area contributed by atoms with Crippen LogP contribution in [0.25, 0.3) is 0 Å². The standard InChI is InChI=1S/C15H25N3O/c1-12-7-4-5-8-13(12)14(16)11-15(19)17-9-6-10-18(2)3/h4-5,7-8,14H,6,9-11,16H2,1-3H3,(H,17,19)/t14-/m0/s1. The lowest BCUT2D eigenvalue weighted by Crippen LogP contribution is -2.30. The second-order valence-corrected chi connectivity index (χ2v) is 5.17. The molecule has 4 nitrogen and oxygen atoms in total. The summed E-state index contributed by atoms with van der Waals surface area (Å²) >= 11 is 0. The summed E-state index contributed by atoms with van der Waals surface area (Å²) in [7, 11) is 4.05. The number of rotatable bonds is 7. The third-order valence-electron chi connectivity index (χ3n) is 3.10. The van der Waals surface area contributed by atoms with Crippen LogP contribution in [-0.2, 0) is 4.79 Å². The Morgan fingerprint density at radius 2 is 2.05 bits per heavy atom. The van der Waals surface area contributed by atoms with Gasteiger partial charge in [0, 0.05) is 19.0 Å². The first-order chi connectivity index (χ1) is 9.00. The third kappa shape index (κ3) is 5.85. The quantitative estimate of drug-likeness (QED) is 0.732. The highest BCUT2D eigenvalue weighted by molar-refractivity contribution is 5.76. The summed E-state index contributed by atoms with van der Waals surface area (Å²) in [5.41, 5.74) is 8.26. The summed E-state index contributed by atoms with van der Waals surface area (Å²) in [6, 6.07) is 7.71. The Labute approximate surface area is 116 Å². The molecule has 0 radical (unpaired) electrons. The molecule has 0 aliphatic carbocycles. The molecular formula is C15H25N3O. The number of carbonyl (C=O) groups is 1. The van der Waals surface area contributed by atoms with Crippen LogP contribution in [0.2, 0.25) is 0 Å². The van der Waals surface area contributed by atoms with Crippen LogP contribution in [0.5, 0.6) is 0 Å². The number of carbonyl (C=O) groups excluding carboxylic acids is 1. The van der Waals surface area contributed by atoms with Crippen molar-refractivity contribution in [2.75, 3.05) is 27.2 Å². The largest absolute Gasteiger partial charge is 0.356 e. The molecule has 0 bridgehead atoms. The van der Waals surface area contributed by atoms with E-state index in [1.807, 2.05) is 45.3 Å². The Hall–Kier alpha value is -1.39. The molecule has 0 saturated carbocycles. The van der Waals surface area contributed by atoms with Crippen LogP contribution in [0.3, 0.4) is 0 Å². The van der Waals surface area contributed by atoms with Gasteiger partial charge in [-0.15, -0.1) is 0 Å². The zero-order valence-corrected chi connectivity index (χ0v) is 12.1. The highest BCUT2D eigenvalue weighted by Gasteiger charge is 2.12. The maximum Gasteiger partial charge on any atom is 0.221 e. The van der Waals surface area contributed by atoms with Crippen LogP contribution in [0.15, 0.2) is 24.3 Å². The SMILES string of the molecule is Cc1ccccc1[C@@H](N)CC(=O)NCCCN(C)C. The molecule has 0 heterocycles. The Morgan fingerprint density at radius 3 is 2.68 bits per heavy atom. The molecule has 3 N–H and O–H groups in total. The topological polar surface area (TPSA) is 58.4 Å². The summed E-state index contributed by atoms with van der Waals surface area (Å²) < 4.78 is 0. The van der Waals surface area contributed by atoms with E-state index in [9.17, 15) is 4.79 Å². The maximum absolute atomic E-state index is 11.8. The molecule has 106 valence electrons. The number of aryl methyl sites for hydroxylation is 1. The van der Waals surface area contributed by atoms with Crippen molar-refractivity contribution in [1.82, 2.24) is 10.2 Å². The molecule has 1 aromatic rings. The van der Waals surface area contributed by atoms with Gasteiger partial charge in [-0.3, -0.25) is 4.79 Å². The molecular weight excluding hydrogens is 238 g/mol. The fourth-order valence-corrected chi connectivity index (χ4v) is 2.01. The fourth-order valence-electron chi connectivity index (χ4n) is 2.01. The van der Waals surface area contributed by atoms with Gasteiger partial charge < -0.3 is 16.0 Å². The van der Waals surface area contributed by atoms with E-state index in [-0.39, 0.29) is 11.9 Å². The van der Waals surface area contributed by atoms with E-state index in [2.05, 4.69) is 10.2 Å². The van der Waals surface area contributed by atoms with Crippen LogP contribution in [-0.4, -0.2) is 38.0 Å². The average molecular weight is 263 g/mol. The number of benzene rings is 1. The highest BCUT2D eigenvalue weighted by Crippen LogP contribution is 2.17. The molecule has 0 fully saturated rings. The second-order valence-electron chi connectivity index (χ2n) is 5.17. The van der Waals surface area contributed by atoms with E-state index in [0.717, 1.165) is 24.1 Å². The predicted molar refractivity (Wildman–Crippen MR) is 78.9 cm³/mol. The van der Waals surface area contributed by atoms with E-state index in [1.54, 1.807) is 0 Å². The van der Waals surface area contributed by atoms with E-state index in [4.69, 9.17) is 5.73 Å². The zero-order chi connectivity index (χ0) is 14.3. The van der Waals surface area contributed by atoms with Gasteiger partial charge in [-0.1, -0.05) is 24.3 Å².